The molecule has 0 aliphatic carbocycles. The van der Waals surface area contributed by atoms with Crippen LogP contribution in [-0.4, -0.2) is 28.2 Å². The minimum absolute atomic E-state index is 0.187. The predicted molar refractivity (Wildman–Crippen MR) is 75.2 cm³/mol. The van der Waals surface area contributed by atoms with E-state index in [4.69, 9.17) is 5.11 Å². The van der Waals surface area contributed by atoms with Crippen LogP contribution in [0.25, 0.3) is 0 Å². The van der Waals surface area contributed by atoms with E-state index in [-0.39, 0.29) is 10.8 Å². The maximum Gasteiger partial charge on any atom is 0.345 e. The number of pyridine rings is 1. The van der Waals surface area contributed by atoms with Gasteiger partial charge in [-0.3, -0.25) is 4.79 Å². The third kappa shape index (κ3) is 3.12. The van der Waals surface area contributed by atoms with Crippen LogP contribution in [0, 0.1) is 0 Å². The summed E-state index contributed by atoms with van der Waals surface area (Å²) in [4.78, 5) is 27.1. The molecule has 0 unspecified atom stereocenters. The standard InChI is InChI=1S/C12H10N2O3S2/c1-18-11-7(3-2-6-13-11)10(15)14-9-5-4-8(19-9)12(16)17/h2-6H,1H3,(H,14,15)(H,16,17). The number of hydrogen-bond donors (Lipinski definition) is 2. The van der Waals surface area contributed by atoms with E-state index < -0.39 is 5.97 Å². The number of aromatic nitrogens is 1. The van der Waals surface area contributed by atoms with Crippen molar-refractivity contribution in [2.45, 2.75) is 5.03 Å². The van der Waals surface area contributed by atoms with Crippen LogP contribution in [0.2, 0.25) is 0 Å². The molecular formula is C12H10N2O3S2. The summed E-state index contributed by atoms with van der Waals surface area (Å²) < 4.78 is 0. The monoisotopic (exact) mass is 294 g/mol. The van der Waals surface area contributed by atoms with E-state index >= 15 is 0 Å². The summed E-state index contributed by atoms with van der Waals surface area (Å²) in [6.45, 7) is 0. The quantitative estimate of drug-likeness (QED) is 0.848. The molecular weight excluding hydrogens is 284 g/mol. The summed E-state index contributed by atoms with van der Waals surface area (Å²) in [5.41, 5.74) is 0.472. The van der Waals surface area contributed by atoms with Gasteiger partial charge in [-0.1, -0.05) is 0 Å². The van der Waals surface area contributed by atoms with Crippen molar-refractivity contribution in [3.63, 3.8) is 0 Å². The third-order valence-electron chi connectivity index (χ3n) is 2.26. The van der Waals surface area contributed by atoms with E-state index in [1.165, 1.54) is 17.8 Å². The zero-order chi connectivity index (χ0) is 13.8. The molecule has 7 heteroatoms. The maximum atomic E-state index is 12.1. The van der Waals surface area contributed by atoms with E-state index in [0.29, 0.717) is 15.6 Å². The number of carboxylic acid groups (broad SMARTS) is 1. The Balaban J connectivity index is 2.18. The van der Waals surface area contributed by atoms with Crippen LogP contribution in [0.3, 0.4) is 0 Å². The molecule has 0 atom stereocenters. The number of anilines is 1. The molecule has 0 bridgehead atoms. The van der Waals surface area contributed by atoms with Crippen LogP contribution in [0.15, 0.2) is 35.5 Å². The number of nitrogens with one attached hydrogen (secondary N) is 1. The first-order chi connectivity index (χ1) is 9.11. The lowest BCUT2D eigenvalue weighted by molar-refractivity contribution is 0.0702. The van der Waals surface area contributed by atoms with Crippen molar-refractivity contribution < 1.29 is 14.7 Å². The lowest BCUT2D eigenvalue weighted by atomic mass is 10.3. The molecule has 1 amide bonds. The fraction of sp³-hybridized carbons (Fsp3) is 0.0833. The van der Waals surface area contributed by atoms with Crippen molar-refractivity contribution in [3.8, 4) is 0 Å². The summed E-state index contributed by atoms with van der Waals surface area (Å²) in [6, 6.07) is 6.40. The molecule has 98 valence electrons. The molecule has 0 fully saturated rings. The highest BCUT2D eigenvalue weighted by molar-refractivity contribution is 7.98. The number of carbonyl (C=O) groups excluding carboxylic acids is 1. The van der Waals surface area contributed by atoms with Gasteiger partial charge in [0.15, 0.2) is 0 Å². The van der Waals surface area contributed by atoms with Gasteiger partial charge in [0.05, 0.1) is 10.6 Å². The van der Waals surface area contributed by atoms with Gasteiger partial charge in [-0.15, -0.1) is 23.1 Å². The van der Waals surface area contributed by atoms with Crippen molar-refractivity contribution in [2.24, 2.45) is 0 Å². The van der Waals surface area contributed by atoms with Crippen LogP contribution in [0.4, 0.5) is 5.00 Å². The fourth-order valence-electron chi connectivity index (χ4n) is 1.43. The minimum atomic E-state index is -1.00. The molecule has 0 radical (unpaired) electrons. The Morgan fingerprint density at radius 1 is 1.37 bits per heavy atom. The molecule has 0 aromatic carbocycles. The Bertz CT molecular complexity index is 625. The second-order valence-corrected chi connectivity index (χ2v) is 5.36. The molecule has 2 aromatic heterocycles. The van der Waals surface area contributed by atoms with Crippen LogP contribution in [0.1, 0.15) is 20.0 Å². The average Bonchev–Trinajstić information content (AvgIpc) is 2.87. The number of rotatable bonds is 4. The highest BCUT2D eigenvalue weighted by atomic mass is 32.2. The van der Waals surface area contributed by atoms with Crippen LogP contribution >= 0.6 is 23.1 Å². The summed E-state index contributed by atoms with van der Waals surface area (Å²) in [7, 11) is 0. The second kappa shape index (κ2) is 5.85. The molecule has 2 aromatic rings. The lowest BCUT2D eigenvalue weighted by Gasteiger charge is -2.05. The molecule has 0 spiro atoms. The van der Waals surface area contributed by atoms with Crippen molar-refractivity contribution in [2.75, 3.05) is 11.6 Å². The first kappa shape index (κ1) is 13.6. The summed E-state index contributed by atoms with van der Waals surface area (Å²) >= 11 is 2.40. The number of thioether (sulfide) groups is 1. The molecule has 5 nitrogen and oxygen atoms in total. The first-order valence-electron chi connectivity index (χ1n) is 5.25. The van der Waals surface area contributed by atoms with Gasteiger partial charge in [0.25, 0.3) is 5.91 Å². The van der Waals surface area contributed by atoms with Crippen LogP contribution < -0.4 is 5.32 Å². The summed E-state index contributed by atoms with van der Waals surface area (Å²) in [6.07, 6.45) is 3.46. The van der Waals surface area contributed by atoms with E-state index in [1.54, 1.807) is 24.4 Å². The minimum Gasteiger partial charge on any atom is -0.477 e. The molecule has 0 saturated heterocycles. The van der Waals surface area contributed by atoms with Gasteiger partial charge in [0.2, 0.25) is 0 Å². The zero-order valence-electron chi connectivity index (χ0n) is 9.91. The Morgan fingerprint density at radius 2 is 2.16 bits per heavy atom. The number of aromatic carboxylic acids is 1. The summed E-state index contributed by atoms with van der Waals surface area (Å²) in [5.74, 6) is -1.30. The van der Waals surface area contributed by atoms with E-state index in [0.717, 1.165) is 11.3 Å². The zero-order valence-corrected chi connectivity index (χ0v) is 11.5. The molecule has 0 saturated carbocycles. The fourth-order valence-corrected chi connectivity index (χ4v) is 2.71. The molecule has 0 aliphatic heterocycles. The number of nitrogens with zero attached hydrogens (tertiary/aromatic N) is 1. The molecule has 19 heavy (non-hydrogen) atoms. The Morgan fingerprint density at radius 3 is 2.79 bits per heavy atom. The summed E-state index contributed by atoms with van der Waals surface area (Å²) in [5, 5.41) is 12.6. The largest absolute Gasteiger partial charge is 0.477 e. The van der Waals surface area contributed by atoms with E-state index in [2.05, 4.69) is 10.3 Å². The number of carboxylic acids is 1. The maximum absolute atomic E-state index is 12.1. The number of hydrogen-bond acceptors (Lipinski definition) is 5. The lowest BCUT2D eigenvalue weighted by Crippen LogP contribution is -2.12. The van der Waals surface area contributed by atoms with Gasteiger partial charge in [-0.05, 0) is 30.5 Å². The molecule has 2 N–H and O–H groups in total. The third-order valence-corrected chi connectivity index (χ3v) is 3.96. The van der Waals surface area contributed by atoms with Crippen molar-refractivity contribution >= 4 is 40.0 Å². The van der Waals surface area contributed by atoms with Gasteiger partial charge in [0.1, 0.15) is 9.90 Å². The highest BCUT2D eigenvalue weighted by Crippen LogP contribution is 2.24. The van der Waals surface area contributed by atoms with Gasteiger partial charge in [-0.25, -0.2) is 9.78 Å². The number of thiophene rings is 1. The highest BCUT2D eigenvalue weighted by Gasteiger charge is 2.14. The molecule has 2 heterocycles. The normalized spacial score (nSPS) is 10.2. The first-order valence-corrected chi connectivity index (χ1v) is 7.29. The Kier molecular flexibility index (Phi) is 4.18. The second-order valence-electron chi connectivity index (χ2n) is 3.48. The smallest absolute Gasteiger partial charge is 0.345 e. The van der Waals surface area contributed by atoms with Gasteiger partial charge in [-0.2, -0.15) is 0 Å². The van der Waals surface area contributed by atoms with Crippen molar-refractivity contribution in [1.82, 2.24) is 4.98 Å². The van der Waals surface area contributed by atoms with Gasteiger partial charge < -0.3 is 10.4 Å². The molecule has 2 rings (SSSR count). The molecule has 0 aliphatic rings. The Hall–Kier alpha value is -1.86. The van der Waals surface area contributed by atoms with Crippen molar-refractivity contribution in [1.29, 1.82) is 0 Å². The SMILES string of the molecule is CSc1ncccc1C(=O)Nc1ccc(C(=O)O)s1. The van der Waals surface area contributed by atoms with Crippen LogP contribution in [-0.2, 0) is 0 Å². The average molecular weight is 294 g/mol. The van der Waals surface area contributed by atoms with E-state index in [1.807, 2.05) is 6.26 Å². The number of amides is 1. The van der Waals surface area contributed by atoms with Gasteiger partial charge in [0, 0.05) is 6.20 Å². The van der Waals surface area contributed by atoms with Crippen LogP contribution in [0.5, 0.6) is 0 Å². The topological polar surface area (TPSA) is 79.3 Å². The number of carbonyl (C=O) groups is 2. The van der Waals surface area contributed by atoms with Crippen molar-refractivity contribution in [3.05, 3.63) is 40.9 Å². The van der Waals surface area contributed by atoms with E-state index in [9.17, 15) is 9.59 Å². The Labute approximate surface area is 117 Å². The predicted octanol–water partition coefficient (Wildman–Crippen LogP) is 2.82. The van der Waals surface area contributed by atoms with Gasteiger partial charge >= 0.3 is 5.97 Å².